The summed E-state index contributed by atoms with van der Waals surface area (Å²) >= 11 is 5.80. The van der Waals surface area contributed by atoms with Gasteiger partial charge < -0.3 is 10.0 Å². The minimum Gasteiger partial charge on any atom is -0.507 e. The van der Waals surface area contributed by atoms with Crippen molar-refractivity contribution in [1.82, 2.24) is 9.80 Å². The number of hydrogen-bond acceptors (Lipinski definition) is 3. The highest BCUT2D eigenvalue weighted by atomic mass is 35.5. The summed E-state index contributed by atoms with van der Waals surface area (Å²) in [7, 11) is 0. The van der Waals surface area contributed by atoms with E-state index in [9.17, 15) is 9.90 Å². The molecule has 2 aliphatic heterocycles. The van der Waals surface area contributed by atoms with E-state index in [0.717, 1.165) is 19.6 Å². The van der Waals surface area contributed by atoms with Crippen LogP contribution in [0.25, 0.3) is 0 Å². The van der Waals surface area contributed by atoms with E-state index in [1.807, 2.05) is 0 Å². The lowest BCUT2D eigenvalue weighted by atomic mass is 9.97. The number of halogens is 1. The molecule has 114 valence electrons. The van der Waals surface area contributed by atoms with E-state index in [0.29, 0.717) is 22.7 Å². The van der Waals surface area contributed by atoms with Gasteiger partial charge in [-0.15, -0.1) is 0 Å². The molecule has 1 amide bonds. The van der Waals surface area contributed by atoms with Crippen LogP contribution in [0.1, 0.15) is 36.5 Å². The first-order chi connectivity index (χ1) is 10.1. The molecule has 0 radical (unpaired) electrons. The lowest BCUT2D eigenvalue weighted by molar-refractivity contribution is 0.00198. The molecule has 1 atom stereocenters. The molecule has 5 heteroatoms. The molecule has 0 aliphatic carbocycles. The van der Waals surface area contributed by atoms with Crippen molar-refractivity contribution >= 4 is 17.5 Å². The normalized spacial score (nSPS) is 23.9. The second-order valence-electron chi connectivity index (χ2n) is 6.11. The van der Waals surface area contributed by atoms with E-state index in [-0.39, 0.29) is 11.7 Å². The van der Waals surface area contributed by atoms with E-state index in [4.69, 9.17) is 11.6 Å². The number of benzene rings is 1. The molecule has 1 N–H and O–H groups in total. The van der Waals surface area contributed by atoms with Crippen molar-refractivity contribution in [2.75, 3.05) is 19.6 Å². The number of aromatic hydroxyl groups is 1. The van der Waals surface area contributed by atoms with Gasteiger partial charge in [-0.25, -0.2) is 0 Å². The fourth-order valence-electron chi connectivity index (χ4n) is 3.35. The number of phenolic OH excluding ortho intramolecular Hbond substituents is 1. The van der Waals surface area contributed by atoms with Crippen LogP contribution < -0.4 is 0 Å². The molecule has 2 fully saturated rings. The number of phenols is 1. The summed E-state index contributed by atoms with van der Waals surface area (Å²) in [6.07, 6.45) is 3.82. The molecule has 1 aromatic carbocycles. The smallest absolute Gasteiger partial charge is 0.257 e. The van der Waals surface area contributed by atoms with E-state index >= 15 is 0 Å². The Kier molecular flexibility index (Phi) is 4.09. The summed E-state index contributed by atoms with van der Waals surface area (Å²) in [5.74, 6) is -0.146. The lowest BCUT2D eigenvalue weighted by Crippen LogP contribution is -2.63. The average molecular weight is 309 g/mol. The van der Waals surface area contributed by atoms with Crippen molar-refractivity contribution in [1.29, 1.82) is 0 Å². The van der Waals surface area contributed by atoms with Gasteiger partial charge in [0.2, 0.25) is 0 Å². The van der Waals surface area contributed by atoms with Gasteiger partial charge in [0.05, 0.1) is 5.56 Å². The largest absolute Gasteiger partial charge is 0.507 e. The quantitative estimate of drug-likeness (QED) is 0.913. The summed E-state index contributed by atoms with van der Waals surface area (Å²) in [4.78, 5) is 16.7. The number of amides is 1. The zero-order chi connectivity index (χ0) is 15.0. The minimum absolute atomic E-state index is 0.0395. The molecular weight excluding hydrogens is 288 g/mol. The summed E-state index contributed by atoms with van der Waals surface area (Å²) in [5.41, 5.74) is 0.338. The topological polar surface area (TPSA) is 43.8 Å². The maximum Gasteiger partial charge on any atom is 0.257 e. The second-order valence-corrected chi connectivity index (χ2v) is 6.54. The third-order valence-electron chi connectivity index (χ3n) is 4.66. The SMILES string of the molecule is CC1CCCCN1C1CN(C(=O)c2ccc(Cl)cc2O)C1. The summed E-state index contributed by atoms with van der Waals surface area (Å²) in [6.45, 7) is 4.92. The van der Waals surface area contributed by atoms with E-state index in [1.165, 1.54) is 25.3 Å². The number of carbonyl (C=O) groups excluding carboxylic acids is 1. The third-order valence-corrected chi connectivity index (χ3v) is 4.90. The molecule has 4 nitrogen and oxygen atoms in total. The van der Waals surface area contributed by atoms with Crippen molar-refractivity contribution in [3.63, 3.8) is 0 Å². The third kappa shape index (κ3) is 2.87. The predicted octanol–water partition coefficient (Wildman–Crippen LogP) is 2.74. The predicted molar refractivity (Wildman–Crippen MR) is 82.8 cm³/mol. The van der Waals surface area contributed by atoms with Crippen LogP contribution in [0, 0.1) is 0 Å². The fourth-order valence-corrected chi connectivity index (χ4v) is 3.52. The number of carbonyl (C=O) groups is 1. The Morgan fingerprint density at radius 1 is 1.33 bits per heavy atom. The average Bonchev–Trinajstić information content (AvgIpc) is 2.39. The van der Waals surface area contributed by atoms with Gasteiger partial charge in [-0.3, -0.25) is 9.69 Å². The maximum atomic E-state index is 12.4. The van der Waals surface area contributed by atoms with Crippen LogP contribution in [-0.2, 0) is 0 Å². The Hall–Kier alpha value is -1.26. The highest BCUT2D eigenvalue weighted by molar-refractivity contribution is 6.30. The summed E-state index contributed by atoms with van der Waals surface area (Å²) in [6, 6.07) is 5.73. The van der Waals surface area contributed by atoms with Gasteiger partial charge in [-0.1, -0.05) is 18.0 Å². The molecule has 0 spiro atoms. The molecule has 1 unspecified atom stereocenters. The fraction of sp³-hybridized carbons (Fsp3) is 0.562. The summed E-state index contributed by atoms with van der Waals surface area (Å²) in [5, 5.41) is 10.3. The van der Waals surface area contributed by atoms with Crippen molar-refractivity contribution < 1.29 is 9.90 Å². The van der Waals surface area contributed by atoms with Crippen LogP contribution in [-0.4, -0.2) is 52.5 Å². The highest BCUT2D eigenvalue weighted by Gasteiger charge is 2.38. The number of likely N-dealkylation sites (tertiary alicyclic amines) is 2. The molecule has 3 rings (SSSR count). The molecule has 21 heavy (non-hydrogen) atoms. The monoisotopic (exact) mass is 308 g/mol. The van der Waals surface area contributed by atoms with Crippen LogP contribution >= 0.6 is 11.6 Å². The number of piperidine rings is 1. The van der Waals surface area contributed by atoms with Gasteiger partial charge in [0.1, 0.15) is 5.75 Å². The zero-order valence-corrected chi connectivity index (χ0v) is 13.0. The molecule has 2 heterocycles. The number of nitrogens with zero attached hydrogens (tertiary/aromatic N) is 2. The lowest BCUT2D eigenvalue weighted by Gasteiger charge is -2.49. The van der Waals surface area contributed by atoms with Crippen molar-refractivity contribution in [3.8, 4) is 5.75 Å². The molecule has 0 saturated carbocycles. The van der Waals surface area contributed by atoms with E-state index in [2.05, 4.69) is 11.8 Å². The van der Waals surface area contributed by atoms with Crippen LogP contribution in [0.5, 0.6) is 5.75 Å². The second kappa shape index (κ2) is 5.85. The van der Waals surface area contributed by atoms with Crippen molar-refractivity contribution in [2.45, 2.75) is 38.3 Å². The zero-order valence-electron chi connectivity index (χ0n) is 12.3. The Balaban J connectivity index is 1.61. The Morgan fingerprint density at radius 3 is 2.76 bits per heavy atom. The van der Waals surface area contributed by atoms with Gasteiger partial charge in [-0.05, 0) is 44.5 Å². The van der Waals surface area contributed by atoms with Gasteiger partial charge in [0.15, 0.2) is 0 Å². The minimum atomic E-state index is -0.106. The van der Waals surface area contributed by atoms with Crippen LogP contribution in [0.2, 0.25) is 5.02 Å². The van der Waals surface area contributed by atoms with Crippen molar-refractivity contribution in [2.24, 2.45) is 0 Å². The Morgan fingerprint density at radius 2 is 2.10 bits per heavy atom. The van der Waals surface area contributed by atoms with Gasteiger partial charge in [0, 0.05) is 30.2 Å². The number of rotatable bonds is 2. The summed E-state index contributed by atoms with van der Waals surface area (Å²) < 4.78 is 0. The van der Waals surface area contributed by atoms with E-state index in [1.54, 1.807) is 17.0 Å². The first-order valence-corrected chi connectivity index (χ1v) is 7.97. The van der Waals surface area contributed by atoms with Crippen LogP contribution in [0.15, 0.2) is 18.2 Å². The standard InChI is InChI=1S/C16H21ClN2O2/c1-11-4-2-3-7-19(11)13-9-18(10-13)16(21)14-6-5-12(17)8-15(14)20/h5-6,8,11,13,20H,2-4,7,9-10H2,1H3. The molecule has 1 aromatic rings. The van der Waals surface area contributed by atoms with Gasteiger partial charge >= 0.3 is 0 Å². The van der Waals surface area contributed by atoms with Crippen LogP contribution in [0.3, 0.4) is 0 Å². The molecular formula is C16H21ClN2O2. The molecule has 0 bridgehead atoms. The highest BCUT2D eigenvalue weighted by Crippen LogP contribution is 2.28. The first kappa shape index (κ1) is 14.7. The Bertz CT molecular complexity index is 543. The van der Waals surface area contributed by atoms with E-state index < -0.39 is 0 Å². The maximum absolute atomic E-state index is 12.4. The van der Waals surface area contributed by atoms with Gasteiger partial charge in [0.25, 0.3) is 5.91 Å². The first-order valence-electron chi connectivity index (χ1n) is 7.60. The molecule has 0 aromatic heterocycles. The van der Waals surface area contributed by atoms with Crippen molar-refractivity contribution in [3.05, 3.63) is 28.8 Å². The molecule has 2 aliphatic rings. The van der Waals surface area contributed by atoms with Gasteiger partial charge in [-0.2, -0.15) is 0 Å². The molecule has 2 saturated heterocycles. The number of hydrogen-bond donors (Lipinski definition) is 1. The van der Waals surface area contributed by atoms with Crippen LogP contribution in [0.4, 0.5) is 0 Å². The Labute approximate surface area is 130 Å².